The molecule has 0 spiro atoms. The molecule has 1 aliphatic rings. The molecule has 0 bridgehead atoms. The minimum absolute atomic E-state index is 0.0388. The summed E-state index contributed by atoms with van der Waals surface area (Å²) in [5, 5.41) is 3.36. The lowest BCUT2D eigenvalue weighted by atomic mass is 9.94. The molecule has 1 unspecified atom stereocenters. The van der Waals surface area contributed by atoms with Crippen molar-refractivity contribution in [3.63, 3.8) is 0 Å². The van der Waals surface area contributed by atoms with Gasteiger partial charge in [0.15, 0.2) is 0 Å². The molecule has 0 aliphatic carbocycles. The van der Waals surface area contributed by atoms with Gasteiger partial charge in [-0.3, -0.25) is 19.7 Å². The van der Waals surface area contributed by atoms with E-state index in [1.54, 1.807) is 13.8 Å². The summed E-state index contributed by atoms with van der Waals surface area (Å²) in [5.74, 6) is -1.24. The van der Waals surface area contributed by atoms with Crippen molar-refractivity contribution in [2.75, 3.05) is 10.5 Å². The van der Waals surface area contributed by atoms with E-state index in [1.165, 1.54) is 24.3 Å². The van der Waals surface area contributed by atoms with Gasteiger partial charge in [-0.2, -0.15) is 5.01 Å². The molecule has 172 valence electrons. The molecule has 1 saturated heterocycles. The molecular formula is C21H32N4O5S. The van der Waals surface area contributed by atoms with Gasteiger partial charge >= 0.3 is 6.03 Å². The second kappa shape index (κ2) is 10.6. The highest BCUT2D eigenvalue weighted by atomic mass is 32.2. The van der Waals surface area contributed by atoms with Gasteiger partial charge in [0.05, 0.1) is 5.75 Å². The number of nitrogens with one attached hydrogen (secondary N) is 3. The molecule has 31 heavy (non-hydrogen) atoms. The first-order valence-corrected chi connectivity index (χ1v) is 12.4. The predicted molar refractivity (Wildman–Crippen MR) is 119 cm³/mol. The smallest absolute Gasteiger partial charge is 0.322 e. The summed E-state index contributed by atoms with van der Waals surface area (Å²) in [5.41, 5.74) is 1.62. The van der Waals surface area contributed by atoms with E-state index in [9.17, 15) is 22.8 Å². The molecule has 2 rings (SSSR count). The number of carbonyl (C=O) groups is 3. The van der Waals surface area contributed by atoms with Crippen molar-refractivity contribution in [2.24, 2.45) is 0 Å². The first kappa shape index (κ1) is 24.6. The van der Waals surface area contributed by atoms with Crippen LogP contribution in [-0.2, 0) is 14.8 Å². The topological polar surface area (TPSA) is 125 Å². The van der Waals surface area contributed by atoms with Gasteiger partial charge in [0.2, 0.25) is 10.0 Å². The second-order valence-corrected chi connectivity index (χ2v) is 9.85. The lowest BCUT2D eigenvalue weighted by molar-refractivity contribution is -0.132. The Hall–Kier alpha value is -2.62. The number of sulfonamides is 1. The Morgan fingerprint density at radius 3 is 2.48 bits per heavy atom. The number of nitrogens with zero attached hydrogens (tertiary/aromatic N) is 1. The fourth-order valence-electron chi connectivity index (χ4n) is 3.43. The maximum atomic E-state index is 12.8. The van der Waals surface area contributed by atoms with Crippen LogP contribution in [0.1, 0.15) is 76.1 Å². The molecular weight excluding hydrogens is 420 g/mol. The summed E-state index contributed by atoms with van der Waals surface area (Å²) in [6.07, 6.45) is 6.04. The number of anilines is 1. The molecule has 1 fully saturated rings. The van der Waals surface area contributed by atoms with E-state index in [0.717, 1.165) is 32.1 Å². The lowest BCUT2D eigenvalue weighted by Crippen LogP contribution is -2.48. The lowest BCUT2D eigenvalue weighted by Gasteiger charge is -2.21. The third kappa shape index (κ3) is 6.68. The van der Waals surface area contributed by atoms with Gasteiger partial charge in [0.1, 0.15) is 5.54 Å². The van der Waals surface area contributed by atoms with Crippen LogP contribution in [0.25, 0.3) is 0 Å². The highest BCUT2D eigenvalue weighted by Crippen LogP contribution is 2.23. The van der Waals surface area contributed by atoms with Crippen molar-refractivity contribution in [3.05, 3.63) is 29.8 Å². The summed E-state index contributed by atoms with van der Waals surface area (Å²) in [6, 6.07) is 5.18. The number of hydrogen-bond donors (Lipinski definition) is 3. The zero-order valence-electron chi connectivity index (χ0n) is 18.4. The monoisotopic (exact) mass is 452 g/mol. The zero-order chi connectivity index (χ0) is 23.1. The number of amides is 4. The van der Waals surface area contributed by atoms with E-state index in [2.05, 4.69) is 22.4 Å². The number of imide groups is 1. The Morgan fingerprint density at radius 1 is 1.10 bits per heavy atom. The number of unbranched alkanes of at least 4 members (excludes halogenated alkanes) is 4. The van der Waals surface area contributed by atoms with Gasteiger partial charge in [-0.05, 0) is 38.0 Å². The Labute approximate surface area is 184 Å². The Bertz CT molecular complexity index is 918. The molecule has 0 saturated carbocycles. The van der Waals surface area contributed by atoms with Crippen LogP contribution in [0.5, 0.6) is 0 Å². The van der Waals surface area contributed by atoms with Crippen LogP contribution < -0.4 is 15.5 Å². The van der Waals surface area contributed by atoms with Crippen LogP contribution in [0.15, 0.2) is 24.3 Å². The summed E-state index contributed by atoms with van der Waals surface area (Å²) in [7, 11) is -3.51. The highest BCUT2D eigenvalue weighted by Gasteiger charge is 2.48. The summed E-state index contributed by atoms with van der Waals surface area (Å²) in [6.45, 7) is 5.53. The van der Waals surface area contributed by atoms with Gasteiger partial charge < -0.3 is 5.32 Å². The molecule has 1 aliphatic heterocycles. The van der Waals surface area contributed by atoms with Crippen LogP contribution >= 0.6 is 0 Å². The van der Waals surface area contributed by atoms with E-state index in [1.807, 2.05) is 0 Å². The Morgan fingerprint density at radius 2 is 1.81 bits per heavy atom. The normalized spacial score (nSPS) is 18.7. The summed E-state index contributed by atoms with van der Waals surface area (Å²) in [4.78, 5) is 37.7. The Kier molecular flexibility index (Phi) is 8.43. The molecule has 10 heteroatoms. The largest absolute Gasteiger partial charge is 0.344 e. The number of benzene rings is 1. The quantitative estimate of drug-likeness (QED) is 0.332. The number of hydrazine groups is 1. The molecule has 3 N–H and O–H groups in total. The average Bonchev–Trinajstić information content (AvgIpc) is 2.90. The first-order chi connectivity index (χ1) is 14.6. The van der Waals surface area contributed by atoms with E-state index < -0.39 is 33.4 Å². The molecule has 1 aromatic carbocycles. The van der Waals surface area contributed by atoms with Gasteiger partial charge in [-0.15, -0.1) is 0 Å². The number of hydrogen-bond acceptors (Lipinski definition) is 5. The van der Waals surface area contributed by atoms with Gasteiger partial charge in [0.25, 0.3) is 11.8 Å². The van der Waals surface area contributed by atoms with Crippen LogP contribution in [0, 0.1) is 0 Å². The number of rotatable bonds is 12. The van der Waals surface area contributed by atoms with E-state index >= 15 is 0 Å². The van der Waals surface area contributed by atoms with Crippen LogP contribution in [-0.4, -0.2) is 42.6 Å². The standard InChI is InChI=1S/C21H32N4O5S/c1-4-6-7-8-9-13-21(3)19(27)25(20(28)22-21)23-18(26)16-11-10-12-17(15-16)24-31(29,30)14-5-2/h10-12,15,24H,4-9,13-14H2,1-3H3,(H,22,28)(H,23,26). The third-order valence-corrected chi connectivity index (χ3v) is 6.62. The molecule has 1 atom stereocenters. The zero-order valence-corrected chi connectivity index (χ0v) is 19.2. The van der Waals surface area contributed by atoms with Crippen LogP contribution in [0.3, 0.4) is 0 Å². The van der Waals surface area contributed by atoms with Crippen molar-refractivity contribution in [1.82, 2.24) is 15.8 Å². The second-order valence-electron chi connectivity index (χ2n) is 8.01. The van der Waals surface area contributed by atoms with Gasteiger partial charge in [-0.25, -0.2) is 13.2 Å². The number of carbonyl (C=O) groups excluding carboxylic acids is 3. The molecule has 1 heterocycles. The fourth-order valence-corrected chi connectivity index (χ4v) is 4.55. The van der Waals surface area contributed by atoms with Crippen molar-refractivity contribution in [3.8, 4) is 0 Å². The van der Waals surface area contributed by atoms with Crippen molar-refractivity contribution < 1.29 is 22.8 Å². The third-order valence-electron chi connectivity index (χ3n) is 5.13. The summed E-state index contributed by atoms with van der Waals surface area (Å²) < 4.78 is 26.3. The minimum atomic E-state index is -3.51. The van der Waals surface area contributed by atoms with Gasteiger partial charge in [-0.1, -0.05) is 52.0 Å². The van der Waals surface area contributed by atoms with Crippen molar-refractivity contribution in [2.45, 2.75) is 71.3 Å². The highest BCUT2D eigenvalue weighted by molar-refractivity contribution is 7.92. The average molecular weight is 453 g/mol. The van der Waals surface area contributed by atoms with Crippen molar-refractivity contribution in [1.29, 1.82) is 0 Å². The SMILES string of the molecule is CCCCCCCC1(C)NC(=O)N(NC(=O)c2cccc(NS(=O)(=O)CCC)c2)C1=O. The maximum absolute atomic E-state index is 12.8. The van der Waals surface area contributed by atoms with Crippen LogP contribution in [0.4, 0.5) is 10.5 Å². The molecule has 0 aromatic heterocycles. The fraction of sp³-hybridized carbons (Fsp3) is 0.571. The summed E-state index contributed by atoms with van der Waals surface area (Å²) >= 11 is 0. The first-order valence-electron chi connectivity index (χ1n) is 10.7. The van der Waals surface area contributed by atoms with E-state index in [-0.39, 0.29) is 17.0 Å². The molecule has 9 nitrogen and oxygen atoms in total. The minimum Gasteiger partial charge on any atom is -0.322 e. The molecule has 4 amide bonds. The van der Waals surface area contributed by atoms with Crippen LogP contribution in [0.2, 0.25) is 0 Å². The predicted octanol–water partition coefficient (Wildman–Crippen LogP) is 3.15. The Balaban J connectivity index is 2.02. The maximum Gasteiger partial charge on any atom is 0.344 e. The molecule has 1 aromatic rings. The number of urea groups is 1. The van der Waals surface area contributed by atoms with Gasteiger partial charge in [0, 0.05) is 11.3 Å². The van der Waals surface area contributed by atoms with Crippen molar-refractivity contribution >= 4 is 33.6 Å². The molecule has 0 radical (unpaired) electrons. The van der Waals surface area contributed by atoms with E-state index in [4.69, 9.17) is 0 Å². The van der Waals surface area contributed by atoms with E-state index in [0.29, 0.717) is 17.9 Å².